The number of nitrogens with one attached hydrogen (secondary N) is 2. The SMILES string of the molecule is CCC(C)C(c1cc(CNC(=O)OC)ccn1)C(C)C.CCC(c1cc(CNC(C)(C)C)ccn1)C(C)C. The summed E-state index contributed by atoms with van der Waals surface area (Å²) in [6.07, 6.45) is 5.64. The largest absolute Gasteiger partial charge is 0.453 e. The molecule has 38 heavy (non-hydrogen) atoms. The minimum Gasteiger partial charge on any atom is -0.453 e. The van der Waals surface area contributed by atoms with E-state index < -0.39 is 6.09 Å². The van der Waals surface area contributed by atoms with Crippen LogP contribution < -0.4 is 10.6 Å². The Bertz CT molecular complexity index is 952. The first kappa shape index (κ1) is 33.6. The summed E-state index contributed by atoms with van der Waals surface area (Å²) in [5, 5.41) is 6.22. The van der Waals surface area contributed by atoms with Crippen molar-refractivity contribution in [3.63, 3.8) is 0 Å². The second kappa shape index (κ2) is 16.5. The standard InChI is InChI=1S/C16H26N2O2.C16H28N2/c1-6-12(4)15(11(2)3)14-9-13(7-8-17-14)10-18-16(19)20-5;1-7-14(12(2)3)15-10-13(8-9-17-15)11-18-16(4,5)6/h7-9,11-12,15H,6,10H2,1-5H3,(H,18,19);8-10,12,14,18H,7,11H2,1-6H3. The van der Waals surface area contributed by atoms with Gasteiger partial charge in [-0.3, -0.25) is 9.97 Å². The molecular formula is C32H54N4O2. The minimum atomic E-state index is -0.411. The molecule has 2 aromatic heterocycles. The fourth-order valence-electron chi connectivity index (χ4n) is 4.77. The van der Waals surface area contributed by atoms with Crippen LogP contribution in [-0.4, -0.2) is 28.7 Å². The molecule has 0 fully saturated rings. The van der Waals surface area contributed by atoms with Gasteiger partial charge in [0.25, 0.3) is 0 Å². The number of hydrogen-bond acceptors (Lipinski definition) is 5. The smallest absolute Gasteiger partial charge is 0.407 e. The Balaban J connectivity index is 0.000000382. The Hall–Kier alpha value is -2.47. The lowest BCUT2D eigenvalue weighted by molar-refractivity contribution is 0.170. The van der Waals surface area contributed by atoms with Crippen molar-refractivity contribution in [3.05, 3.63) is 59.2 Å². The zero-order valence-corrected chi connectivity index (χ0v) is 25.9. The number of carbonyl (C=O) groups excluding carboxylic acids is 1. The van der Waals surface area contributed by atoms with E-state index in [1.165, 1.54) is 18.4 Å². The molecule has 3 atom stereocenters. The quantitative estimate of drug-likeness (QED) is 0.312. The number of hydrogen-bond donors (Lipinski definition) is 2. The summed E-state index contributed by atoms with van der Waals surface area (Å²) in [7, 11) is 1.37. The second-order valence-electron chi connectivity index (χ2n) is 12.0. The van der Waals surface area contributed by atoms with Crippen molar-refractivity contribution in [1.82, 2.24) is 20.6 Å². The number of ether oxygens (including phenoxy) is 1. The van der Waals surface area contributed by atoms with E-state index in [0.717, 1.165) is 30.6 Å². The van der Waals surface area contributed by atoms with Gasteiger partial charge in [-0.2, -0.15) is 0 Å². The molecule has 3 unspecified atom stereocenters. The van der Waals surface area contributed by atoms with E-state index in [-0.39, 0.29) is 5.54 Å². The number of nitrogens with zero attached hydrogens (tertiary/aromatic N) is 2. The molecule has 0 spiro atoms. The van der Waals surface area contributed by atoms with E-state index in [9.17, 15) is 4.79 Å². The Labute approximate surface area is 232 Å². The topological polar surface area (TPSA) is 76.1 Å². The first-order valence-corrected chi connectivity index (χ1v) is 14.3. The summed E-state index contributed by atoms with van der Waals surface area (Å²) in [6, 6.07) is 8.38. The van der Waals surface area contributed by atoms with Crippen molar-refractivity contribution in [2.75, 3.05) is 7.11 Å². The maximum atomic E-state index is 11.1. The Kier molecular flexibility index (Phi) is 14.6. The zero-order chi connectivity index (χ0) is 28.9. The molecule has 0 saturated heterocycles. The highest BCUT2D eigenvalue weighted by molar-refractivity contribution is 5.66. The van der Waals surface area contributed by atoms with Crippen molar-refractivity contribution >= 4 is 6.09 Å². The summed E-state index contributed by atoms with van der Waals surface area (Å²) in [4.78, 5) is 20.2. The number of alkyl carbamates (subject to hydrolysis) is 1. The number of amides is 1. The highest BCUT2D eigenvalue weighted by Gasteiger charge is 2.23. The van der Waals surface area contributed by atoms with Gasteiger partial charge in [0.05, 0.1) is 7.11 Å². The third kappa shape index (κ3) is 11.9. The molecule has 0 radical (unpaired) electrons. The van der Waals surface area contributed by atoms with Gasteiger partial charge in [-0.25, -0.2) is 4.79 Å². The van der Waals surface area contributed by atoms with E-state index in [2.05, 4.69) is 113 Å². The molecule has 2 aromatic rings. The molecule has 2 N–H and O–H groups in total. The van der Waals surface area contributed by atoms with Gasteiger partial charge in [-0.15, -0.1) is 0 Å². The lowest BCUT2D eigenvalue weighted by Gasteiger charge is -2.26. The van der Waals surface area contributed by atoms with Gasteiger partial charge < -0.3 is 15.4 Å². The van der Waals surface area contributed by atoms with E-state index in [1.807, 2.05) is 18.5 Å². The third-order valence-corrected chi connectivity index (χ3v) is 7.08. The van der Waals surface area contributed by atoms with Gasteiger partial charge in [0.15, 0.2) is 0 Å². The molecule has 0 aromatic carbocycles. The van der Waals surface area contributed by atoms with Gasteiger partial charge in [0.2, 0.25) is 0 Å². The van der Waals surface area contributed by atoms with Crippen LogP contribution >= 0.6 is 0 Å². The van der Waals surface area contributed by atoms with Crippen LogP contribution in [0.25, 0.3) is 0 Å². The molecular weight excluding hydrogens is 472 g/mol. The van der Waals surface area contributed by atoms with Crippen LogP contribution in [-0.2, 0) is 17.8 Å². The van der Waals surface area contributed by atoms with E-state index >= 15 is 0 Å². The van der Waals surface area contributed by atoms with Crippen molar-refractivity contribution in [1.29, 1.82) is 0 Å². The lowest BCUT2D eigenvalue weighted by atomic mass is 9.80. The summed E-state index contributed by atoms with van der Waals surface area (Å²) in [6.45, 7) is 23.7. The van der Waals surface area contributed by atoms with Gasteiger partial charge >= 0.3 is 6.09 Å². The highest BCUT2D eigenvalue weighted by Crippen LogP contribution is 2.33. The number of aromatic nitrogens is 2. The lowest BCUT2D eigenvalue weighted by Crippen LogP contribution is -2.35. The zero-order valence-electron chi connectivity index (χ0n) is 25.9. The molecule has 6 nitrogen and oxygen atoms in total. The van der Waals surface area contributed by atoms with Gasteiger partial charge in [0, 0.05) is 54.2 Å². The van der Waals surface area contributed by atoms with Crippen LogP contribution in [0.5, 0.6) is 0 Å². The van der Waals surface area contributed by atoms with Crippen LogP contribution in [0.2, 0.25) is 0 Å². The maximum absolute atomic E-state index is 11.1. The van der Waals surface area contributed by atoms with Crippen LogP contribution in [0.3, 0.4) is 0 Å². The van der Waals surface area contributed by atoms with Crippen molar-refractivity contribution < 1.29 is 9.53 Å². The molecule has 6 heteroatoms. The van der Waals surface area contributed by atoms with Crippen LogP contribution in [0.1, 0.15) is 116 Å². The predicted molar refractivity (Wildman–Crippen MR) is 159 cm³/mol. The molecule has 0 aliphatic heterocycles. The molecule has 0 saturated carbocycles. The highest BCUT2D eigenvalue weighted by atomic mass is 16.5. The summed E-state index contributed by atoms with van der Waals surface area (Å²) in [5.74, 6) is 2.79. The Morgan fingerprint density at radius 3 is 1.89 bits per heavy atom. The summed E-state index contributed by atoms with van der Waals surface area (Å²) >= 11 is 0. The van der Waals surface area contributed by atoms with Gasteiger partial charge in [0.1, 0.15) is 0 Å². The number of rotatable bonds is 11. The van der Waals surface area contributed by atoms with Crippen LogP contribution in [0.15, 0.2) is 36.7 Å². The average molecular weight is 527 g/mol. The molecule has 2 rings (SSSR count). The van der Waals surface area contributed by atoms with Crippen molar-refractivity contribution in [3.8, 4) is 0 Å². The normalized spacial score (nSPS) is 13.9. The monoisotopic (exact) mass is 526 g/mol. The Morgan fingerprint density at radius 2 is 1.42 bits per heavy atom. The van der Waals surface area contributed by atoms with Crippen molar-refractivity contribution in [2.45, 2.75) is 113 Å². The Morgan fingerprint density at radius 1 is 0.868 bits per heavy atom. The summed E-state index contributed by atoms with van der Waals surface area (Å²) < 4.78 is 4.58. The van der Waals surface area contributed by atoms with E-state index in [1.54, 1.807) is 0 Å². The first-order chi connectivity index (χ1) is 17.8. The molecule has 2 heterocycles. The van der Waals surface area contributed by atoms with E-state index in [0.29, 0.717) is 36.1 Å². The number of pyridine rings is 2. The van der Waals surface area contributed by atoms with Crippen molar-refractivity contribution in [2.24, 2.45) is 17.8 Å². The fraction of sp³-hybridized carbons (Fsp3) is 0.656. The number of carbonyl (C=O) groups is 1. The fourth-order valence-corrected chi connectivity index (χ4v) is 4.77. The van der Waals surface area contributed by atoms with E-state index in [4.69, 9.17) is 0 Å². The van der Waals surface area contributed by atoms with Gasteiger partial charge in [-0.1, -0.05) is 54.9 Å². The predicted octanol–water partition coefficient (Wildman–Crippen LogP) is 7.84. The molecule has 0 aliphatic carbocycles. The molecule has 214 valence electrons. The average Bonchev–Trinajstić information content (AvgIpc) is 2.86. The third-order valence-electron chi connectivity index (χ3n) is 7.08. The summed E-state index contributed by atoms with van der Waals surface area (Å²) in [5.41, 5.74) is 4.88. The molecule has 0 bridgehead atoms. The second-order valence-corrected chi connectivity index (χ2v) is 12.0. The minimum absolute atomic E-state index is 0.158. The first-order valence-electron chi connectivity index (χ1n) is 14.3. The number of methoxy groups -OCH3 is 1. The van der Waals surface area contributed by atoms with Crippen LogP contribution in [0, 0.1) is 17.8 Å². The molecule has 1 amide bonds. The van der Waals surface area contributed by atoms with Gasteiger partial charge in [-0.05, 0) is 80.3 Å². The molecule has 0 aliphatic rings. The maximum Gasteiger partial charge on any atom is 0.407 e. The van der Waals surface area contributed by atoms with Crippen LogP contribution in [0.4, 0.5) is 4.79 Å².